The van der Waals surface area contributed by atoms with Crippen molar-refractivity contribution in [1.29, 1.82) is 0 Å². The van der Waals surface area contributed by atoms with Crippen LogP contribution in [0.4, 0.5) is 5.69 Å². The van der Waals surface area contributed by atoms with Crippen molar-refractivity contribution in [3.63, 3.8) is 0 Å². The highest BCUT2D eigenvalue weighted by Crippen LogP contribution is 2.26. The van der Waals surface area contributed by atoms with Crippen LogP contribution in [0, 0.1) is 6.92 Å². The summed E-state index contributed by atoms with van der Waals surface area (Å²) >= 11 is 5.91. The van der Waals surface area contributed by atoms with E-state index in [9.17, 15) is 0 Å². The van der Waals surface area contributed by atoms with Gasteiger partial charge in [0, 0.05) is 13.0 Å². The first-order valence-corrected chi connectivity index (χ1v) is 6.71. The second-order valence-electron chi connectivity index (χ2n) is 4.73. The van der Waals surface area contributed by atoms with Gasteiger partial charge >= 0.3 is 0 Å². The monoisotopic (exact) mass is 274 g/mol. The number of benzene rings is 1. The number of hydrogen-bond acceptors (Lipinski definition) is 3. The Labute approximate surface area is 117 Å². The maximum atomic E-state index is 5.91. The van der Waals surface area contributed by atoms with E-state index in [2.05, 4.69) is 22.4 Å². The van der Waals surface area contributed by atoms with Gasteiger partial charge in [-0.05, 0) is 35.7 Å². The standard InChI is InChI=1S/C15H15ClN2O/c1-10-6-13(9-18-15(10)16)17-8-11-2-3-14-12(7-11)4-5-19-14/h2-3,6-7,9,17H,4-5,8H2,1H3. The number of anilines is 1. The zero-order chi connectivity index (χ0) is 13.2. The Morgan fingerprint density at radius 2 is 2.26 bits per heavy atom. The fourth-order valence-corrected chi connectivity index (χ4v) is 2.31. The molecule has 2 aromatic rings. The Morgan fingerprint density at radius 1 is 1.37 bits per heavy atom. The van der Waals surface area contributed by atoms with Crippen molar-refractivity contribution in [3.05, 3.63) is 52.3 Å². The molecule has 3 rings (SSSR count). The summed E-state index contributed by atoms with van der Waals surface area (Å²) in [5, 5.41) is 3.91. The van der Waals surface area contributed by atoms with Crippen molar-refractivity contribution in [2.45, 2.75) is 19.9 Å². The minimum absolute atomic E-state index is 0.556. The predicted octanol–water partition coefficient (Wildman–Crippen LogP) is 3.59. The minimum atomic E-state index is 0.556. The minimum Gasteiger partial charge on any atom is -0.493 e. The van der Waals surface area contributed by atoms with E-state index in [4.69, 9.17) is 16.3 Å². The summed E-state index contributed by atoms with van der Waals surface area (Å²) in [6, 6.07) is 8.34. The van der Waals surface area contributed by atoms with E-state index in [-0.39, 0.29) is 0 Å². The molecule has 0 aliphatic carbocycles. The molecule has 0 amide bonds. The number of fused-ring (bicyclic) bond motifs is 1. The molecule has 0 radical (unpaired) electrons. The Hall–Kier alpha value is -1.74. The van der Waals surface area contributed by atoms with Gasteiger partial charge < -0.3 is 10.1 Å². The van der Waals surface area contributed by atoms with Crippen LogP contribution in [0.2, 0.25) is 5.15 Å². The maximum absolute atomic E-state index is 5.91. The average molecular weight is 275 g/mol. The summed E-state index contributed by atoms with van der Waals surface area (Å²) in [7, 11) is 0. The van der Waals surface area contributed by atoms with Gasteiger partial charge in [0.1, 0.15) is 10.9 Å². The summed E-state index contributed by atoms with van der Waals surface area (Å²) < 4.78 is 5.50. The van der Waals surface area contributed by atoms with Gasteiger partial charge in [0.05, 0.1) is 18.5 Å². The normalized spacial score (nSPS) is 12.9. The van der Waals surface area contributed by atoms with E-state index >= 15 is 0 Å². The molecule has 0 atom stereocenters. The second kappa shape index (κ2) is 5.10. The molecule has 0 spiro atoms. The molecule has 0 unspecified atom stereocenters. The molecule has 0 saturated heterocycles. The zero-order valence-electron chi connectivity index (χ0n) is 10.7. The van der Waals surface area contributed by atoms with E-state index in [1.165, 1.54) is 11.1 Å². The van der Waals surface area contributed by atoms with Crippen LogP contribution in [0.5, 0.6) is 5.75 Å². The lowest BCUT2D eigenvalue weighted by Crippen LogP contribution is -2.00. The fourth-order valence-electron chi connectivity index (χ4n) is 2.21. The van der Waals surface area contributed by atoms with Gasteiger partial charge in [0.25, 0.3) is 0 Å². The topological polar surface area (TPSA) is 34.1 Å². The van der Waals surface area contributed by atoms with Gasteiger partial charge in [-0.1, -0.05) is 23.7 Å². The molecule has 2 heterocycles. The van der Waals surface area contributed by atoms with Crippen molar-refractivity contribution < 1.29 is 4.74 Å². The average Bonchev–Trinajstić information content (AvgIpc) is 2.87. The van der Waals surface area contributed by atoms with Crippen LogP contribution >= 0.6 is 11.6 Å². The van der Waals surface area contributed by atoms with Gasteiger partial charge in [-0.2, -0.15) is 0 Å². The third-order valence-electron chi connectivity index (χ3n) is 3.26. The van der Waals surface area contributed by atoms with Crippen LogP contribution in [-0.2, 0) is 13.0 Å². The highest BCUT2D eigenvalue weighted by atomic mass is 35.5. The van der Waals surface area contributed by atoms with Crippen LogP contribution in [0.3, 0.4) is 0 Å². The number of ether oxygens (including phenoxy) is 1. The van der Waals surface area contributed by atoms with Gasteiger partial charge in [-0.15, -0.1) is 0 Å². The molecule has 1 aromatic carbocycles. The molecule has 0 saturated carbocycles. The highest BCUT2D eigenvalue weighted by molar-refractivity contribution is 6.30. The van der Waals surface area contributed by atoms with Crippen LogP contribution in [0.15, 0.2) is 30.5 Å². The summed E-state index contributed by atoms with van der Waals surface area (Å²) in [5.74, 6) is 1.02. The maximum Gasteiger partial charge on any atom is 0.132 e. The smallest absolute Gasteiger partial charge is 0.132 e. The number of hydrogen-bond donors (Lipinski definition) is 1. The third kappa shape index (κ3) is 2.66. The van der Waals surface area contributed by atoms with E-state index in [1.54, 1.807) is 6.20 Å². The number of pyridine rings is 1. The number of nitrogens with one attached hydrogen (secondary N) is 1. The zero-order valence-corrected chi connectivity index (χ0v) is 11.5. The van der Waals surface area contributed by atoms with Gasteiger partial charge in [0.2, 0.25) is 0 Å². The molecule has 1 N–H and O–H groups in total. The van der Waals surface area contributed by atoms with Crippen molar-refractivity contribution in [3.8, 4) is 5.75 Å². The van der Waals surface area contributed by atoms with Crippen molar-refractivity contribution in [1.82, 2.24) is 4.98 Å². The predicted molar refractivity (Wildman–Crippen MR) is 77.0 cm³/mol. The Balaban J connectivity index is 1.70. The molecule has 4 heteroatoms. The van der Waals surface area contributed by atoms with Crippen molar-refractivity contribution in [2.24, 2.45) is 0 Å². The van der Waals surface area contributed by atoms with Crippen LogP contribution < -0.4 is 10.1 Å². The van der Waals surface area contributed by atoms with Crippen molar-refractivity contribution >= 4 is 17.3 Å². The quantitative estimate of drug-likeness (QED) is 0.869. The molecular formula is C15H15ClN2O. The molecule has 1 aromatic heterocycles. The lowest BCUT2D eigenvalue weighted by atomic mass is 10.1. The fraction of sp³-hybridized carbons (Fsp3) is 0.267. The molecule has 1 aliphatic heterocycles. The molecule has 98 valence electrons. The third-order valence-corrected chi connectivity index (χ3v) is 3.66. The second-order valence-corrected chi connectivity index (χ2v) is 5.08. The van der Waals surface area contributed by atoms with E-state index in [0.717, 1.165) is 36.6 Å². The summed E-state index contributed by atoms with van der Waals surface area (Å²) in [6.45, 7) is 3.52. The molecular weight excluding hydrogens is 260 g/mol. The molecule has 0 fully saturated rings. The number of nitrogens with zero attached hydrogens (tertiary/aromatic N) is 1. The SMILES string of the molecule is Cc1cc(NCc2ccc3c(c2)CCO3)cnc1Cl. The van der Waals surface area contributed by atoms with Crippen LogP contribution in [-0.4, -0.2) is 11.6 Å². The number of aromatic nitrogens is 1. The Bertz CT molecular complexity index is 613. The summed E-state index contributed by atoms with van der Waals surface area (Å²) in [6.07, 6.45) is 2.76. The molecule has 0 bridgehead atoms. The summed E-state index contributed by atoms with van der Waals surface area (Å²) in [4.78, 5) is 4.13. The largest absolute Gasteiger partial charge is 0.493 e. The summed E-state index contributed by atoms with van der Waals surface area (Å²) in [5.41, 5.74) is 4.51. The molecule has 1 aliphatic rings. The van der Waals surface area contributed by atoms with Crippen molar-refractivity contribution in [2.75, 3.05) is 11.9 Å². The van der Waals surface area contributed by atoms with Crippen LogP contribution in [0.25, 0.3) is 0 Å². The number of rotatable bonds is 3. The first kappa shape index (κ1) is 12.3. The Morgan fingerprint density at radius 3 is 3.11 bits per heavy atom. The van der Waals surface area contributed by atoms with E-state index in [0.29, 0.717) is 5.15 Å². The lowest BCUT2D eigenvalue weighted by Gasteiger charge is -2.08. The van der Waals surface area contributed by atoms with E-state index in [1.807, 2.05) is 19.1 Å². The van der Waals surface area contributed by atoms with Gasteiger partial charge in [-0.25, -0.2) is 4.98 Å². The number of halogens is 1. The lowest BCUT2D eigenvalue weighted by molar-refractivity contribution is 0.357. The van der Waals surface area contributed by atoms with E-state index < -0.39 is 0 Å². The molecule has 3 nitrogen and oxygen atoms in total. The van der Waals surface area contributed by atoms with Gasteiger partial charge in [-0.3, -0.25) is 0 Å². The first-order chi connectivity index (χ1) is 9.22. The molecule has 19 heavy (non-hydrogen) atoms. The number of aryl methyl sites for hydroxylation is 1. The highest BCUT2D eigenvalue weighted by Gasteiger charge is 2.11. The van der Waals surface area contributed by atoms with Crippen LogP contribution in [0.1, 0.15) is 16.7 Å². The Kier molecular flexibility index (Phi) is 3.30. The first-order valence-electron chi connectivity index (χ1n) is 6.33. The van der Waals surface area contributed by atoms with Gasteiger partial charge in [0.15, 0.2) is 0 Å².